The molecule has 0 radical (unpaired) electrons. The number of likely N-dealkylation sites (tertiary alicyclic amines) is 2. The summed E-state index contributed by atoms with van der Waals surface area (Å²) in [6, 6.07) is 11.0. The molecule has 0 N–H and O–H groups in total. The van der Waals surface area contributed by atoms with Gasteiger partial charge in [-0.05, 0) is 43.2 Å². The van der Waals surface area contributed by atoms with Crippen LogP contribution in [0.1, 0.15) is 25.7 Å². The van der Waals surface area contributed by atoms with Gasteiger partial charge in [0.1, 0.15) is 6.54 Å². The van der Waals surface area contributed by atoms with Crippen molar-refractivity contribution in [3.8, 4) is 0 Å². The van der Waals surface area contributed by atoms with Gasteiger partial charge >= 0.3 is 0 Å². The fraction of sp³-hybridized carbons (Fsp3) is 0.571. The molecule has 140 valence electrons. The highest BCUT2D eigenvalue weighted by molar-refractivity contribution is 5.83. The van der Waals surface area contributed by atoms with E-state index in [0.717, 1.165) is 57.4 Å². The Labute approximate surface area is 155 Å². The van der Waals surface area contributed by atoms with Crippen molar-refractivity contribution in [2.24, 2.45) is 0 Å². The van der Waals surface area contributed by atoms with Gasteiger partial charge in [0.2, 0.25) is 5.91 Å². The molecule has 4 rings (SSSR count). The number of rotatable bonds is 4. The van der Waals surface area contributed by atoms with Crippen LogP contribution in [0.3, 0.4) is 0 Å². The number of piperidine rings is 2. The molecule has 26 heavy (non-hydrogen) atoms. The maximum Gasteiger partial charge on any atom is 0.242 e. The lowest BCUT2D eigenvalue weighted by Gasteiger charge is -2.41. The van der Waals surface area contributed by atoms with E-state index < -0.39 is 0 Å². The first-order chi connectivity index (χ1) is 12.7. The van der Waals surface area contributed by atoms with Gasteiger partial charge in [-0.2, -0.15) is 0 Å². The molecule has 5 heteroatoms. The summed E-state index contributed by atoms with van der Waals surface area (Å²) in [5.74, 6) is 0.239. The normalized spacial score (nSPS) is 20.7. The number of fused-ring (bicyclic) bond motifs is 1. The maximum absolute atomic E-state index is 12.7. The van der Waals surface area contributed by atoms with Crippen LogP contribution in [0.15, 0.2) is 36.5 Å². The molecular weight excluding hydrogens is 326 g/mol. The predicted octanol–water partition coefficient (Wildman–Crippen LogP) is 2.74. The first-order valence-corrected chi connectivity index (χ1v) is 9.83. The summed E-state index contributed by atoms with van der Waals surface area (Å²) in [5.41, 5.74) is 1.14. The number of carbonyl (C=O) groups excluding carboxylic acids is 1. The van der Waals surface area contributed by atoms with Gasteiger partial charge in [-0.1, -0.05) is 18.2 Å². The van der Waals surface area contributed by atoms with E-state index in [1.165, 1.54) is 5.39 Å². The summed E-state index contributed by atoms with van der Waals surface area (Å²) in [7, 11) is 1.82. The summed E-state index contributed by atoms with van der Waals surface area (Å²) in [6.45, 7) is 4.47. The van der Waals surface area contributed by atoms with Gasteiger partial charge in [0.15, 0.2) is 0 Å². The zero-order valence-electron chi connectivity index (χ0n) is 15.6. The van der Waals surface area contributed by atoms with E-state index in [2.05, 4.69) is 27.7 Å². The molecule has 2 aliphatic rings. The van der Waals surface area contributed by atoms with Crippen LogP contribution in [-0.2, 0) is 16.1 Å². The second-order valence-corrected chi connectivity index (χ2v) is 7.59. The van der Waals surface area contributed by atoms with Crippen molar-refractivity contribution in [2.75, 3.05) is 33.3 Å². The van der Waals surface area contributed by atoms with Crippen LogP contribution in [0.4, 0.5) is 0 Å². The fourth-order valence-corrected chi connectivity index (χ4v) is 4.48. The lowest BCUT2D eigenvalue weighted by Crippen LogP contribution is -2.50. The lowest BCUT2D eigenvalue weighted by molar-refractivity contribution is -0.133. The second-order valence-electron chi connectivity index (χ2n) is 7.59. The Kier molecular flexibility index (Phi) is 5.27. The SMILES string of the molecule is COC1CCN(C2CCN(C(=O)Cn3ccc4ccccc43)CC2)CC1. The Balaban J connectivity index is 1.30. The first kappa shape index (κ1) is 17.6. The Morgan fingerprint density at radius 2 is 1.77 bits per heavy atom. The first-order valence-electron chi connectivity index (χ1n) is 9.83. The van der Waals surface area contributed by atoms with E-state index in [-0.39, 0.29) is 5.91 Å². The van der Waals surface area contributed by atoms with Crippen LogP contribution in [0.5, 0.6) is 0 Å². The van der Waals surface area contributed by atoms with E-state index in [9.17, 15) is 4.79 Å². The number of methoxy groups -OCH3 is 1. The van der Waals surface area contributed by atoms with Crippen LogP contribution < -0.4 is 0 Å². The number of carbonyl (C=O) groups is 1. The molecule has 0 aliphatic carbocycles. The monoisotopic (exact) mass is 355 g/mol. The quantitative estimate of drug-likeness (QED) is 0.846. The van der Waals surface area contributed by atoms with Gasteiger partial charge in [0.05, 0.1) is 6.10 Å². The van der Waals surface area contributed by atoms with Gasteiger partial charge in [0, 0.05) is 51.0 Å². The van der Waals surface area contributed by atoms with Crippen molar-refractivity contribution >= 4 is 16.8 Å². The number of nitrogens with zero attached hydrogens (tertiary/aromatic N) is 3. The molecule has 1 amide bonds. The third kappa shape index (κ3) is 3.64. The van der Waals surface area contributed by atoms with Gasteiger partial charge in [-0.3, -0.25) is 4.79 Å². The second kappa shape index (κ2) is 7.80. The lowest BCUT2D eigenvalue weighted by atomic mass is 9.99. The van der Waals surface area contributed by atoms with Crippen LogP contribution in [-0.4, -0.2) is 65.7 Å². The Morgan fingerprint density at radius 3 is 2.50 bits per heavy atom. The largest absolute Gasteiger partial charge is 0.381 e. The topological polar surface area (TPSA) is 37.7 Å². The molecule has 0 saturated carbocycles. The third-order valence-corrected chi connectivity index (χ3v) is 6.13. The van der Waals surface area contributed by atoms with Crippen molar-refractivity contribution in [2.45, 2.75) is 44.4 Å². The van der Waals surface area contributed by atoms with Crippen molar-refractivity contribution < 1.29 is 9.53 Å². The van der Waals surface area contributed by atoms with Gasteiger partial charge in [0.25, 0.3) is 0 Å². The minimum Gasteiger partial charge on any atom is -0.381 e. The van der Waals surface area contributed by atoms with Crippen molar-refractivity contribution in [3.05, 3.63) is 36.5 Å². The minimum atomic E-state index is 0.239. The average Bonchev–Trinajstić information content (AvgIpc) is 3.11. The number of benzene rings is 1. The smallest absolute Gasteiger partial charge is 0.242 e. The predicted molar refractivity (Wildman–Crippen MR) is 103 cm³/mol. The van der Waals surface area contributed by atoms with Gasteiger partial charge < -0.3 is 19.1 Å². The van der Waals surface area contributed by atoms with Crippen molar-refractivity contribution in [3.63, 3.8) is 0 Å². The number of hydrogen-bond donors (Lipinski definition) is 0. The van der Waals surface area contributed by atoms with Crippen molar-refractivity contribution in [1.82, 2.24) is 14.4 Å². The average molecular weight is 355 g/mol. The molecular formula is C21H29N3O2. The molecule has 5 nitrogen and oxygen atoms in total. The maximum atomic E-state index is 12.7. The van der Waals surface area contributed by atoms with Crippen LogP contribution >= 0.6 is 0 Å². The molecule has 2 saturated heterocycles. The van der Waals surface area contributed by atoms with E-state index in [0.29, 0.717) is 18.7 Å². The summed E-state index contributed by atoms with van der Waals surface area (Å²) in [4.78, 5) is 17.4. The van der Waals surface area contributed by atoms with Crippen LogP contribution in [0.25, 0.3) is 10.9 Å². The number of amides is 1. The molecule has 2 aromatic rings. The number of hydrogen-bond acceptors (Lipinski definition) is 3. The molecule has 1 aromatic carbocycles. The standard InChI is InChI=1S/C21H29N3O2/c1-26-19-9-14-22(15-10-19)18-7-12-23(13-8-18)21(25)16-24-11-6-17-4-2-3-5-20(17)24/h2-6,11,18-19H,7-10,12-16H2,1H3. The fourth-order valence-electron chi connectivity index (χ4n) is 4.48. The van der Waals surface area contributed by atoms with E-state index >= 15 is 0 Å². The van der Waals surface area contributed by atoms with Gasteiger partial charge in [-0.15, -0.1) is 0 Å². The summed E-state index contributed by atoms with van der Waals surface area (Å²) in [6.07, 6.45) is 6.91. The number of ether oxygens (including phenoxy) is 1. The summed E-state index contributed by atoms with van der Waals surface area (Å²) in [5, 5.41) is 1.19. The Bertz CT molecular complexity index is 741. The third-order valence-electron chi connectivity index (χ3n) is 6.13. The molecule has 2 fully saturated rings. The zero-order valence-corrected chi connectivity index (χ0v) is 15.6. The number of para-hydroxylation sites is 1. The number of aromatic nitrogens is 1. The molecule has 2 aliphatic heterocycles. The van der Waals surface area contributed by atoms with E-state index in [4.69, 9.17) is 4.74 Å². The van der Waals surface area contributed by atoms with Crippen LogP contribution in [0.2, 0.25) is 0 Å². The highest BCUT2D eigenvalue weighted by Crippen LogP contribution is 2.22. The van der Waals surface area contributed by atoms with Crippen molar-refractivity contribution in [1.29, 1.82) is 0 Å². The molecule has 0 bridgehead atoms. The summed E-state index contributed by atoms with van der Waals surface area (Å²) >= 11 is 0. The van der Waals surface area contributed by atoms with Gasteiger partial charge in [-0.25, -0.2) is 0 Å². The molecule has 0 unspecified atom stereocenters. The van der Waals surface area contributed by atoms with E-state index in [1.54, 1.807) is 0 Å². The highest BCUT2D eigenvalue weighted by atomic mass is 16.5. The molecule has 1 aromatic heterocycles. The molecule has 0 atom stereocenters. The van der Waals surface area contributed by atoms with E-state index in [1.807, 2.05) is 30.3 Å². The Hall–Kier alpha value is -1.85. The molecule has 3 heterocycles. The summed E-state index contributed by atoms with van der Waals surface area (Å²) < 4.78 is 7.54. The highest BCUT2D eigenvalue weighted by Gasteiger charge is 2.29. The zero-order chi connectivity index (χ0) is 17.9. The Morgan fingerprint density at radius 1 is 1.04 bits per heavy atom. The van der Waals surface area contributed by atoms with Crippen LogP contribution in [0, 0.1) is 0 Å². The minimum absolute atomic E-state index is 0.239. The molecule has 0 spiro atoms.